The zero-order chi connectivity index (χ0) is 12.1. The zero-order valence-corrected chi connectivity index (χ0v) is 11.7. The SMILES string of the molecule is CC(C)(CNCC1CCSC1)c1ccccc1. The second kappa shape index (κ2) is 5.92. The van der Waals surface area contributed by atoms with Crippen LogP contribution in [0.25, 0.3) is 0 Å². The summed E-state index contributed by atoms with van der Waals surface area (Å²) in [7, 11) is 0. The molecule has 1 saturated heterocycles. The van der Waals surface area contributed by atoms with Crippen molar-refractivity contribution in [1.29, 1.82) is 0 Å². The van der Waals surface area contributed by atoms with E-state index >= 15 is 0 Å². The van der Waals surface area contributed by atoms with E-state index < -0.39 is 0 Å². The van der Waals surface area contributed by atoms with Gasteiger partial charge in [-0.2, -0.15) is 11.8 Å². The highest BCUT2D eigenvalue weighted by Gasteiger charge is 2.21. The van der Waals surface area contributed by atoms with Gasteiger partial charge in [0.2, 0.25) is 0 Å². The van der Waals surface area contributed by atoms with Crippen molar-refractivity contribution in [3.8, 4) is 0 Å². The van der Waals surface area contributed by atoms with E-state index in [1.54, 1.807) is 0 Å². The van der Waals surface area contributed by atoms with E-state index in [4.69, 9.17) is 0 Å². The standard InChI is InChI=1S/C15H23NS/c1-15(2,14-6-4-3-5-7-14)12-16-10-13-8-9-17-11-13/h3-7,13,16H,8-12H2,1-2H3. The molecule has 0 spiro atoms. The maximum atomic E-state index is 3.65. The fourth-order valence-electron chi connectivity index (χ4n) is 2.32. The third-order valence-electron chi connectivity index (χ3n) is 3.58. The lowest BCUT2D eigenvalue weighted by molar-refractivity contribution is 0.435. The largest absolute Gasteiger partial charge is 0.316 e. The average molecular weight is 249 g/mol. The smallest absolute Gasteiger partial charge is 0.00433 e. The first-order valence-electron chi connectivity index (χ1n) is 6.52. The Bertz CT molecular complexity index is 328. The second-order valence-electron chi connectivity index (χ2n) is 5.61. The van der Waals surface area contributed by atoms with Crippen molar-refractivity contribution in [3.05, 3.63) is 35.9 Å². The lowest BCUT2D eigenvalue weighted by Crippen LogP contribution is -2.35. The molecule has 1 atom stereocenters. The molecule has 1 aromatic carbocycles. The Labute approximate surface area is 109 Å². The molecule has 1 nitrogen and oxygen atoms in total. The molecule has 1 fully saturated rings. The molecule has 1 unspecified atom stereocenters. The molecule has 17 heavy (non-hydrogen) atoms. The van der Waals surface area contributed by atoms with Gasteiger partial charge in [0.25, 0.3) is 0 Å². The monoisotopic (exact) mass is 249 g/mol. The van der Waals surface area contributed by atoms with Crippen LogP contribution in [-0.2, 0) is 5.41 Å². The molecule has 0 aliphatic carbocycles. The van der Waals surface area contributed by atoms with Crippen molar-refractivity contribution in [2.45, 2.75) is 25.7 Å². The summed E-state index contributed by atoms with van der Waals surface area (Å²) >= 11 is 2.10. The molecular weight excluding hydrogens is 226 g/mol. The van der Waals surface area contributed by atoms with Crippen LogP contribution in [0.3, 0.4) is 0 Å². The predicted molar refractivity (Wildman–Crippen MR) is 77.8 cm³/mol. The number of thioether (sulfide) groups is 1. The highest BCUT2D eigenvalue weighted by Crippen LogP contribution is 2.24. The third kappa shape index (κ3) is 3.75. The summed E-state index contributed by atoms with van der Waals surface area (Å²) in [4.78, 5) is 0. The molecule has 0 bridgehead atoms. The summed E-state index contributed by atoms with van der Waals surface area (Å²) < 4.78 is 0. The molecule has 0 saturated carbocycles. The van der Waals surface area contributed by atoms with Gasteiger partial charge in [-0.25, -0.2) is 0 Å². The number of benzene rings is 1. The van der Waals surface area contributed by atoms with Gasteiger partial charge in [0, 0.05) is 12.0 Å². The van der Waals surface area contributed by atoms with E-state index in [1.807, 2.05) is 0 Å². The van der Waals surface area contributed by atoms with Crippen LogP contribution in [-0.4, -0.2) is 24.6 Å². The second-order valence-corrected chi connectivity index (χ2v) is 6.76. The summed E-state index contributed by atoms with van der Waals surface area (Å²) in [6.07, 6.45) is 1.39. The minimum absolute atomic E-state index is 0.229. The van der Waals surface area contributed by atoms with Crippen LogP contribution in [0.5, 0.6) is 0 Å². The number of hydrogen-bond acceptors (Lipinski definition) is 2. The minimum atomic E-state index is 0.229. The number of rotatable bonds is 5. The Morgan fingerprint density at radius 2 is 2.06 bits per heavy atom. The lowest BCUT2D eigenvalue weighted by Gasteiger charge is -2.26. The quantitative estimate of drug-likeness (QED) is 0.859. The topological polar surface area (TPSA) is 12.0 Å². The fraction of sp³-hybridized carbons (Fsp3) is 0.600. The summed E-state index contributed by atoms with van der Waals surface area (Å²) in [5.41, 5.74) is 1.65. The lowest BCUT2D eigenvalue weighted by atomic mass is 9.84. The van der Waals surface area contributed by atoms with E-state index in [2.05, 4.69) is 61.3 Å². The Hall–Kier alpha value is -0.470. The first kappa shape index (κ1) is 13.0. The Kier molecular flexibility index (Phi) is 4.52. The molecule has 0 amide bonds. The maximum Gasteiger partial charge on any atom is 0.00433 e. The van der Waals surface area contributed by atoms with Crippen molar-refractivity contribution in [1.82, 2.24) is 5.32 Å². The highest BCUT2D eigenvalue weighted by molar-refractivity contribution is 7.99. The van der Waals surface area contributed by atoms with Gasteiger partial charge in [-0.1, -0.05) is 44.2 Å². The Morgan fingerprint density at radius 1 is 1.29 bits per heavy atom. The van der Waals surface area contributed by atoms with Crippen LogP contribution in [0.15, 0.2) is 30.3 Å². The molecule has 1 heterocycles. The van der Waals surface area contributed by atoms with Crippen molar-refractivity contribution in [3.63, 3.8) is 0 Å². The van der Waals surface area contributed by atoms with Gasteiger partial charge in [0.15, 0.2) is 0 Å². The molecule has 1 aliphatic rings. The zero-order valence-electron chi connectivity index (χ0n) is 10.9. The van der Waals surface area contributed by atoms with Crippen LogP contribution in [0.2, 0.25) is 0 Å². The molecule has 94 valence electrons. The van der Waals surface area contributed by atoms with E-state index in [9.17, 15) is 0 Å². The van der Waals surface area contributed by atoms with E-state index in [1.165, 1.54) is 30.0 Å². The third-order valence-corrected chi connectivity index (χ3v) is 4.81. The van der Waals surface area contributed by atoms with Crippen LogP contribution < -0.4 is 5.32 Å². The molecular formula is C15H23NS. The molecule has 0 aromatic heterocycles. The van der Waals surface area contributed by atoms with Crippen LogP contribution in [0.1, 0.15) is 25.8 Å². The Morgan fingerprint density at radius 3 is 2.71 bits per heavy atom. The van der Waals surface area contributed by atoms with Gasteiger partial charge in [-0.05, 0) is 36.0 Å². The van der Waals surface area contributed by atoms with Crippen LogP contribution in [0, 0.1) is 5.92 Å². The summed E-state index contributed by atoms with van der Waals surface area (Å²) in [5.74, 6) is 3.60. The summed E-state index contributed by atoms with van der Waals surface area (Å²) in [5, 5.41) is 3.65. The highest BCUT2D eigenvalue weighted by atomic mass is 32.2. The Balaban J connectivity index is 1.80. The minimum Gasteiger partial charge on any atom is -0.316 e. The molecule has 0 radical (unpaired) electrons. The van der Waals surface area contributed by atoms with Gasteiger partial charge in [-0.15, -0.1) is 0 Å². The molecule has 2 rings (SSSR count). The number of nitrogens with one attached hydrogen (secondary N) is 1. The van der Waals surface area contributed by atoms with Crippen LogP contribution >= 0.6 is 11.8 Å². The molecule has 1 aromatic rings. The van der Waals surface area contributed by atoms with Crippen molar-refractivity contribution in [2.75, 3.05) is 24.6 Å². The number of hydrogen-bond donors (Lipinski definition) is 1. The molecule has 1 N–H and O–H groups in total. The molecule has 1 aliphatic heterocycles. The van der Waals surface area contributed by atoms with E-state index in [0.29, 0.717) is 0 Å². The van der Waals surface area contributed by atoms with Crippen molar-refractivity contribution < 1.29 is 0 Å². The average Bonchev–Trinajstić information content (AvgIpc) is 2.83. The van der Waals surface area contributed by atoms with Gasteiger partial charge < -0.3 is 5.32 Å². The van der Waals surface area contributed by atoms with Crippen molar-refractivity contribution >= 4 is 11.8 Å². The summed E-state index contributed by atoms with van der Waals surface area (Å²) in [6.45, 7) is 6.89. The maximum absolute atomic E-state index is 3.65. The van der Waals surface area contributed by atoms with Crippen LogP contribution in [0.4, 0.5) is 0 Å². The fourth-order valence-corrected chi connectivity index (χ4v) is 3.61. The van der Waals surface area contributed by atoms with Gasteiger partial charge in [0.1, 0.15) is 0 Å². The summed E-state index contributed by atoms with van der Waals surface area (Å²) in [6, 6.07) is 10.8. The van der Waals surface area contributed by atoms with E-state index in [-0.39, 0.29) is 5.41 Å². The normalized spacial score (nSPS) is 20.7. The van der Waals surface area contributed by atoms with Gasteiger partial charge in [0.05, 0.1) is 0 Å². The predicted octanol–water partition coefficient (Wildman–Crippen LogP) is 3.31. The van der Waals surface area contributed by atoms with Crippen molar-refractivity contribution in [2.24, 2.45) is 5.92 Å². The van der Waals surface area contributed by atoms with Gasteiger partial charge in [-0.3, -0.25) is 0 Å². The van der Waals surface area contributed by atoms with Gasteiger partial charge >= 0.3 is 0 Å². The first-order chi connectivity index (χ1) is 8.18. The molecule has 2 heteroatoms. The first-order valence-corrected chi connectivity index (χ1v) is 7.68. The van der Waals surface area contributed by atoms with E-state index in [0.717, 1.165) is 12.5 Å².